The molecule has 21 heavy (non-hydrogen) atoms. The van der Waals surface area contributed by atoms with Crippen LogP contribution >= 0.6 is 0 Å². The highest BCUT2D eigenvalue weighted by Gasteiger charge is 2.34. The maximum absolute atomic E-state index is 12.9. The van der Waals surface area contributed by atoms with Crippen LogP contribution in [-0.4, -0.2) is 30.4 Å². The minimum Gasteiger partial charge on any atom is -0.338 e. The molecule has 0 aliphatic carbocycles. The number of carbonyl (C=O) groups excluding carboxylic acids is 1. The first-order valence-corrected chi connectivity index (χ1v) is 8.07. The zero-order chi connectivity index (χ0) is 15.0. The van der Waals surface area contributed by atoms with Crippen molar-refractivity contribution in [2.24, 2.45) is 11.3 Å². The Morgan fingerprint density at radius 3 is 2.86 bits per heavy atom. The highest BCUT2D eigenvalue weighted by atomic mass is 16.2. The summed E-state index contributed by atoms with van der Waals surface area (Å²) < 4.78 is 0. The molecule has 114 valence electrons. The second-order valence-corrected chi connectivity index (χ2v) is 7.47. The average Bonchev–Trinajstić information content (AvgIpc) is 2.96. The van der Waals surface area contributed by atoms with Crippen molar-refractivity contribution in [3.8, 4) is 0 Å². The van der Waals surface area contributed by atoms with Crippen molar-refractivity contribution >= 4 is 5.91 Å². The van der Waals surface area contributed by atoms with Crippen LogP contribution in [0.5, 0.6) is 0 Å². The van der Waals surface area contributed by atoms with Crippen molar-refractivity contribution in [1.29, 1.82) is 0 Å². The van der Waals surface area contributed by atoms with Gasteiger partial charge in [-0.1, -0.05) is 32.9 Å². The first-order chi connectivity index (χ1) is 9.97. The van der Waals surface area contributed by atoms with Crippen molar-refractivity contribution in [3.63, 3.8) is 0 Å². The van der Waals surface area contributed by atoms with Crippen molar-refractivity contribution in [2.45, 2.75) is 40.2 Å². The van der Waals surface area contributed by atoms with Gasteiger partial charge in [0.2, 0.25) is 0 Å². The van der Waals surface area contributed by atoms with Crippen LogP contribution in [0.4, 0.5) is 0 Å². The van der Waals surface area contributed by atoms with Crippen LogP contribution in [0, 0.1) is 11.3 Å². The Kier molecular flexibility index (Phi) is 3.78. The summed E-state index contributed by atoms with van der Waals surface area (Å²) >= 11 is 0. The Balaban J connectivity index is 1.81. The molecule has 0 radical (unpaired) electrons. The summed E-state index contributed by atoms with van der Waals surface area (Å²) in [6.07, 6.45) is 2.10. The molecule has 1 aromatic rings. The van der Waals surface area contributed by atoms with Gasteiger partial charge in [-0.25, -0.2) is 0 Å². The second kappa shape index (κ2) is 5.45. The van der Waals surface area contributed by atoms with Crippen LogP contribution in [0.2, 0.25) is 0 Å². The molecule has 1 amide bonds. The highest BCUT2D eigenvalue weighted by Crippen LogP contribution is 2.34. The average molecular weight is 286 g/mol. The SMILES string of the molecule is CC(C)(C)C1CCN(C(=O)c2cccc3c2CCNC3)C1. The van der Waals surface area contributed by atoms with Gasteiger partial charge in [-0.3, -0.25) is 4.79 Å². The van der Waals surface area contributed by atoms with E-state index in [-0.39, 0.29) is 11.3 Å². The largest absolute Gasteiger partial charge is 0.338 e. The van der Waals surface area contributed by atoms with E-state index in [9.17, 15) is 4.79 Å². The van der Waals surface area contributed by atoms with Gasteiger partial charge in [0.15, 0.2) is 0 Å². The number of rotatable bonds is 1. The molecule has 3 heteroatoms. The predicted molar refractivity (Wildman–Crippen MR) is 85.3 cm³/mol. The molecule has 2 heterocycles. The van der Waals surface area contributed by atoms with E-state index in [1.54, 1.807) is 0 Å². The van der Waals surface area contributed by atoms with Gasteiger partial charge in [-0.2, -0.15) is 0 Å². The first kappa shape index (κ1) is 14.6. The third kappa shape index (κ3) is 2.84. The summed E-state index contributed by atoms with van der Waals surface area (Å²) in [5.41, 5.74) is 3.78. The molecule has 1 unspecified atom stereocenters. The number of hydrogen-bond donors (Lipinski definition) is 1. The Bertz CT molecular complexity index is 545. The highest BCUT2D eigenvalue weighted by molar-refractivity contribution is 5.96. The van der Waals surface area contributed by atoms with Crippen LogP contribution in [-0.2, 0) is 13.0 Å². The van der Waals surface area contributed by atoms with Gasteiger partial charge in [0.05, 0.1) is 0 Å². The Morgan fingerprint density at radius 2 is 2.14 bits per heavy atom. The predicted octanol–water partition coefficient (Wildman–Crippen LogP) is 2.84. The quantitative estimate of drug-likeness (QED) is 0.861. The lowest BCUT2D eigenvalue weighted by molar-refractivity contribution is 0.0775. The molecule has 2 aliphatic heterocycles. The lowest BCUT2D eigenvalue weighted by Gasteiger charge is -2.27. The van der Waals surface area contributed by atoms with Crippen molar-refractivity contribution < 1.29 is 4.79 Å². The lowest BCUT2D eigenvalue weighted by Crippen LogP contribution is -2.33. The molecule has 1 N–H and O–H groups in total. The van der Waals surface area contributed by atoms with Crippen molar-refractivity contribution in [3.05, 3.63) is 34.9 Å². The van der Waals surface area contributed by atoms with E-state index in [2.05, 4.69) is 37.1 Å². The standard InChI is InChI=1S/C18H26N2O/c1-18(2,3)14-8-10-20(12-14)17(21)16-6-4-5-13-11-19-9-7-15(13)16/h4-6,14,19H,7-12H2,1-3H3. The molecule has 1 atom stereocenters. The lowest BCUT2D eigenvalue weighted by atomic mass is 9.80. The number of fused-ring (bicyclic) bond motifs is 1. The number of nitrogens with zero attached hydrogens (tertiary/aromatic N) is 1. The zero-order valence-electron chi connectivity index (χ0n) is 13.4. The second-order valence-electron chi connectivity index (χ2n) is 7.47. The number of benzene rings is 1. The molecule has 1 saturated heterocycles. The summed E-state index contributed by atoms with van der Waals surface area (Å²) in [6, 6.07) is 6.17. The maximum Gasteiger partial charge on any atom is 0.254 e. The summed E-state index contributed by atoms with van der Waals surface area (Å²) in [5, 5.41) is 3.38. The minimum atomic E-state index is 0.237. The van der Waals surface area contributed by atoms with Gasteiger partial charge < -0.3 is 10.2 Å². The number of nitrogens with one attached hydrogen (secondary N) is 1. The van der Waals surface area contributed by atoms with Crippen LogP contribution < -0.4 is 5.32 Å². The van der Waals surface area contributed by atoms with E-state index < -0.39 is 0 Å². The number of carbonyl (C=O) groups is 1. The fraction of sp³-hybridized carbons (Fsp3) is 0.611. The molecule has 0 spiro atoms. The first-order valence-electron chi connectivity index (χ1n) is 8.07. The Morgan fingerprint density at radius 1 is 1.33 bits per heavy atom. The van der Waals surface area contributed by atoms with E-state index in [4.69, 9.17) is 0 Å². The molecule has 0 bridgehead atoms. The third-order valence-electron chi connectivity index (χ3n) is 5.07. The topological polar surface area (TPSA) is 32.3 Å². The normalized spacial score (nSPS) is 22.2. The summed E-state index contributed by atoms with van der Waals surface area (Å²) in [4.78, 5) is 15.0. The molecule has 0 aromatic heterocycles. The Hall–Kier alpha value is -1.35. The van der Waals surface area contributed by atoms with E-state index in [1.807, 2.05) is 12.1 Å². The van der Waals surface area contributed by atoms with Gasteiger partial charge in [-0.15, -0.1) is 0 Å². The van der Waals surface area contributed by atoms with E-state index in [0.29, 0.717) is 5.92 Å². The number of likely N-dealkylation sites (tertiary alicyclic amines) is 1. The Labute approximate surface area is 127 Å². The van der Waals surface area contributed by atoms with Gasteiger partial charge >= 0.3 is 0 Å². The minimum absolute atomic E-state index is 0.237. The molecule has 0 saturated carbocycles. The molecule has 1 fully saturated rings. The van der Waals surface area contributed by atoms with Gasteiger partial charge in [0, 0.05) is 25.2 Å². The summed E-state index contributed by atoms with van der Waals surface area (Å²) in [6.45, 7) is 10.5. The van der Waals surface area contributed by atoms with Gasteiger partial charge in [-0.05, 0) is 47.9 Å². The summed E-state index contributed by atoms with van der Waals surface area (Å²) in [5.74, 6) is 0.850. The van der Waals surface area contributed by atoms with Crippen LogP contribution in [0.15, 0.2) is 18.2 Å². The molecular weight excluding hydrogens is 260 g/mol. The van der Waals surface area contributed by atoms with Crippen LogP contribution in [0.25, 0.3) is 0 Å². The van der Waals surface area contributed by atoms with Gasteiger partial charge in [0.1, 0.15) is 0 Å². The number of hydrogen-bond acceptors (Lipinski definition) is 2. The smallest absolute Gasteiger partial charge is 0.254 e. The molecule has 1 aromatic carbocycles. The monoisotopic (exact) mass is 286 g/mol. The molecular formula is C18H26N2O. The third-order valence-corrected chi connectivity index (χ3v) is 5.07. The number of amides is 1. The molecule has 3 rings (SSSR count). The van der Waals surface area contributed by atoms with Crippen molar-refractivity contribution in [2.75, 3.05) is 19.6 Å². The van der Waals surface area contributed by atoms with E-state index in [1.165, 1.54) is 11.1 Å². The van der Waals surface area contributed by atoms with Crippen LogP contribution in [0.3, 0.4) is 0 Å². The summed E-state index contributed by atoms with van der Waals surface area (Å²) in [7, 11) is 0. The van der Waals surface area contributed by atoms with Crippen LogP contribution in [0.1, 0.15) is 48.7 Å². The maximum atomic E-state index is 12.9. The van der Waals surface area contributed by atoms with Gasteiger partial charge in [0.25, 0.3) is 5.91 Å². The molecule has 2 aliphatic rings. The zero-order valence-corrected chi connectivity index (χ0v) is 13.4. The van der Waals surface area contributed by atoms with E-state index in [0.717, 1.165) is 44.6 Å². The molecule has 3 nitrogen and oxygen atoms in total. The fourth-order valence-corrected chi connectivity index (χ4v) is 3.55. The van der Waals surface area contributed by atoms with E-state index >= 15 is 0 Å². The van der Waals surface area contributed by atoms with Crippen molar-refractivity contribution in [1.82, 2.24) is 10.2 Å². The fourth-order valence-electron chi connectivity index (χ4n) is 3.55.